The molecule has 0 unspecified atom stereocenters. The number of hydrogen-bond acceptors (Lipinski definition) is 3. The van der Waals surface area contributed by atoms with Gasteiger partial charge in [-0.05, 0) is 29.7 Å². The van der Waals surface area contributed by atoms with Gasteiger partial charge in [-0.25, -0.2) is 0 Å². The van der Waals surface area contributed by atoms with Crippen molar-refractivity contribution in [3.05, 3.63) is 34.9 Å². The van der Waals surface area contributed by atoms with Gasteiger partial charge in [0.1, 0.15) is 5.69 Å². The number of nitriles is 1. The highest BCUT2D eigenvalue weighted by atomic mass is 15.3. The first-order valence-corrected chi connectivity index (χ1v) is 2.97. The van der Waals surface area contributed by atoms with Crippen molar-refractivity contribution in [1.29, 1.82) is 10.7 Å². The molecule has 0 saturated heterocycles. The van der Waals surface area contributed by atoms with Gasteiger partial charge in [-0.3, -0.25) is 0 Å². The van der Waals surface area contributed by atoms with E-state index >= 15 is 0 Å². The van der Waals surface area contributed by atoms with Gasteiger partial charge in [0, 0.05) is 0 Å². The minimum absolute atomic E-state index is 0.577. The fourth-order valence-electron chi connectivity index (χ4n) is 0.677. The highest BCUT2D eigenvalue weighted by molar-refractivity contribution is 5.47. The molecule has 1 rings (SSSR count). The lowest BCUT2D eigenvalue weighted by atomic mass is 10.2. The zero-order chi connectivity index (χ0) is 8.10. The van der Waals surface area contributed by atoms with Crippen molar-refractivity contribution < 1.29 is 0 Å². The van der Waals surface area contributed by atoms with Crippen molar-refractivity contribution in [2.45, 2.75) is 0 Å². The van der Waals surface area contributed by atoms with Crippen LogP contribution in [-0.4, -0.2) is 0 Å². The summed E-state index contributed by atoms with van der Waals surface area (Å²) in [6, 6.07) is 8.54. The summed E-state index contributed by atoms with van der Waals surface area (Å²) in [4.78, 5) is 0. The Morgan fingerprint density at radius 2 is 1.91 bits per heavy atom. The Balaban J connectivity index is 2.87. The third-order valence-corrected chi connectivity index (χ3v) is 1.19. The fraction of sp³-hybridized carbons (Fsp3) is 0. The molecule has 0 saturated carbocycles. The predicted molar refractivity (Wildman–Crippen MR) is 39.9 cm³/mol. The predicted octanol–water partition coefficient (Wildman–Crippen LogP) is 1.74. The van der Waals surface area contributed by atoms with Crippen LogP contribution >= 0.6 is 0 Å². The topological polar surface area (TPSA) is 64.0 Å². The average Bonchev–Trinajstić information content (AvgIpc) is 2.07. The summed E-state index contributed by atoms with van der Waals surface area (Å²) in [5.41, 5.74) is 3.55. The molecule has 0 atom stereocenters. The van der Waals surface area contributed by atoms with Crippen LogP contribution in [0.3, 0.4) is 0 Å². The molecular weight excluding hydrogens is 140 g/mol. The van der Waals surface area contributed by atoms with E-state index in [0.717, 1.165) is 0 Å². The molecule has 0 radical (unpaired) electrons. The van der Waals surface area contributed by atoms with E-state index in [2.05, 4.69) is 10.5 Å². The lowest BCUT2D eigenvalue weighted by Gasteiger charge is -1.87. The number of diazo groups is 1. The second-order valence-electron chi connectivity index (χ2n) is 1.90. The zero-order valence-electron chi connectivity index (χ0n) is 5.65. The van der Waals surface area contributed by atoms with Crippen LogP contribution in [0.15, 0.2) is 24.3 Å². The van der Waals surface area contributed by atoms with E-state index in [-0.39, 0.29) is 0 Å². The molecule has 1 aromatic carbocycles. The molecular formula is C7H5N4+. The monoisotopic (exact) mass is 145 g/mol. The molecule has 0 spiro atoms. The van der Waals surface area contributed by atoms with Gasteiger partial charge in [0.05, 0.1) is 11.6 Å². The first-order chi connectivity index (χ1) is 5.36. The van der Waals surface area contributed by atoms with E-state index in [1.807, 2.05) is 6.07 Å². The van der Waals surface area contributed by atoms with Crippen LogP contribution in [0.25, 0.3) is 5.08 Å². The number of benzene rings is 1. The van der Waals surface area contributed by atoms with Crippen LogP contribution in [0.1, 0.15) is 5.56 Å². The van der Waals surface area contributed by atoms with Gasteiger partial charge in [-0.1, -0.05) is 0 Å². The highest BCUT2D eigenvalue weighted by Crippen LogP contribution is 2.07. The summed E-state index contributed by atoms with van der Waals surface area (Å²) in [5, 5.41) is 19.2. The Labute approximate surface area is 63.7 Å². The normalized spacial score (nSPS) is 7.82. The number of nitrogens with zero attached hydrogens (tertiary/aromatic N) is 3. The Kier molecular flexibility index (Phi) is 2.04. The van der Waals surface area contributed by atoms with Crippen LogP contribution in [0.5, 0.6) is 0 Å². The van der Waals surface area contributed by atoms with Gasteiger partial charge < -0.3 is 0 Å². The zero-order valence-corrected chi connectivity index (χ0v) is 5.65. The molecule has 0 aliphatic rings. The largest absolute Gasteiger partial charge is 0.308 e. The smallest absolute Gasteiger partial charge is 0.192 e. The molecule has 0 amide bonds. The third-order valence-electron chi connectivity index (χ3n) is 1.19. The molecule has 0 fully saturated rings. The SMILES string of the molecule is N#Cc1ccc(N[N+]#N)cc1. The van der Waals surface area contributed by atoms with Gasteiger partial charge in [0.2, 0.25) is 0 Å². The number of rotatable bonds is 1. The van der Waals surface area contributed by atoms with E-state index in [9.17, 15) is 0 Å². The molecule has 0 heterocycles. The third kappa shape index (κ3) is 1.67. The minimum Gasteiger partial charge on any atom is -0.192 e. The molecule has 1 aromatic rings. The minimum atomic E-state index is 0.577. The van der Waals surface area contributed by atoms with Gasteiger partial charge in [0.15, 0.2) is 0 Å². The van der Waals surface area contributed by atoms with Crippen LogP contribution in [0.4, 0.5) is 5.69 Å². The number of nitrogens with one attached hydrogen (secondary N) is 1. The summed E-state index contributed by atoms with van der Waals surface area (Å²) in [7, 11) is 0. The lowest BCUT2D eigenvalue weighted by Crippen LogP contribution is -1.82. The number of anilines is 1. The Hall–Kier alpha value is -2.07. The molecule has 0 aromatic heterocycles. The molecule has 0 bridgehead atoms. The lowest BCUT2D eigenvalue weighted by molar-refractivity contribution is 1.39. The maximum atomic E-state index is 8.42. The molecule has 52 valence electrons. The van der Waals surface area contributed by atoms with E-state index in [0.29, 0.717) is 11.3 Å². The van der Waals surface area contributed by atoms with Gasteiger partial charge in [-0.15, -0.1) is 0 Å². The van der Waals surface area contributed by atoms with Crippen molar-refractivity contribution in [2.75, 3.05) is 5.43 Å². The second kappa shape index (κ2) is 3.19. The maximum absolute atomic E-state index is 8.42. The van der Waals surface area contributed by atoms with Crippen molar-refractivity contribution in [3.8, 4) is 6.07 Å². The Morgan fingerprint density at radius 1 is 1.27 bits per heavy atom. The summed E-state index contributed by atoms with van der Waals surface area (Å²) in [6.45, 7) is 0. The fourth-order valence-corrected chi connectivity index (χ4v) is 0.677. The van der Waals surface area contributed by atoms with Gasteiger partial charge >= 0.3 is 5.08 Å². The molecule has 11 heavy (non-hydrogen) atoms. The van der Waals surface area contributed by atoms with Crippen molar-refractivity contribution in [3.63, 3.8) is 0 Å². The van der Waals surface area contributed by atoms with Crippen LogP contribution < -0.4 is 5.43 Å². The number of hydrogen-bond donors (Lipinski definition) is 1. The van der Waals surface area contributed by atoms with Crippen molar-refractivity contribution in [2.24, 2.45) is 0 Å². The van der Waals surface area contributed by atoms with E-state index in [1.54, 1.807) is 24.3 Å². The van der Waals surface area contributed by atoms with Crippen LogP contribution in [-0.2, 0) is 0 Å². The highest BCUT2D eigenvalue weighted by Gasteiger charge is 1.95. The van der Waals surface area contributed by atoms with E-state index in [1.165, 1.54) is 0 Å². The molecule has 1 N–H and O–H groups in total. The molecule has 0 aliphatic carbocycles. The Morgan fingerprint density at radius 3 is 2.36 bits per heavy atom. The summed E-state index contributed by atoms with van der Waals surface area (Å²) in [6.07, 6.45) is 0. The molecule has 0 aliphatic heterocycles. The van der Waals surface area contributed by atoms with Crippen molar-refractivity contribution >= 4 is 5.69 Å². The first-order valence-electron chi connectivity index (χ1n) is 2.97. The first kappa shape index (κ1) is 7.04. The Bertz CT molecular complexity index is 314. The summed E-state index contributed by atoms with van der Waals surface area (Å²) >= 11 is 0. The van der Waals surface area contributed by atoms with E-state index < -0.39 is 0 Å². The standard InChI is InChI=1S/C7H5N4/c8-5-6-1-3-7(4-2-6)10-11-9/h1-4,10H/q+1. The average molecular weight is 145 g/mol. The summed E-state index contributed by atoms with van der Waals surface area (Å²) in [5.74, 6) is 0. The quantitative estimate of drug-likeness (QED) is 0.483. The maximum Gasteiger partial charge on any atom is 0.308 e. The second-order valence-corrected chi connectivity index (χ2v) is 1.90. The molecule has 4 nitrogen and oxygen atoms in total. The van der Waals surface area contributed by atoms with Crippen LogP contribution in [0, 0.1) is 16.7 Å². The van der Waals surface area contributed by atoms with Crippen molar-refractivity contribution in [1.82, 2.24) is 0 Å². The van der Waals surface area contributed by atoms with E-state index in [4.69, 9.17) is 10.7 Å². The molecule has 4 heteroatoms. The summed E-state index contributed by atoms with van der Waals surface area (Å²) < 4.78 is 0. The van der Waals surface area contributed by atoms with Crippen LogP contribution in [0.2, 0.25) is 0 Å². The van der Waals surface area contributed by atoms with Gasteiger partial charge in [0.25, 0.3) is 5.39 Å². The van der Waals surface area contributed by atoms with Gasteiger partial charge in [-0.2, -0.15) is 5.26 Å².